The van der Waals surface area contributed by atoms with Crippen LogP contribution in [0.3, 0.4) is 0 Å². The maximum absolute atomic E-state index is 6.14. The van der Waals surface area contributed by atoms with Crippen LogP contribution in [0.4, 0.5) is 0 Å². The molecule has 1 rings (SSSR count). The standard InChI is InChI=1S/C15H33N3/c1-12-4-2-6-13(16)8-10-15(18)11-9-14(17)7-3-5-12/h12-15H,2-11,16-18H2,1H3. The van der Waals surface area contributed by atoms with E-state index in [-0.39, 0.29) is 0 Å². The summed E-state index contributed by atoms with van der Waals surface area (Å²) in [6.07, 6.45) is 11.8. The highest BCUT2D eigenvalue weighted by molar-refractivity contribution is 4.72. The van der Waals surface area contributed by atoms with Crippen molar-refractivity contribution in [2.75, 3.05) is 0 Å². The Labute approximate surface area is 113 Å². The van der Waals surface area contributed by atoms with Gasteiger partial charge < -0.3 is 17.2 Å². The fourth-order valence-corrected chi connectivity index (χ4v) is 2.89. The molecule has 6 N–H and O–H groups in total. The largest absolute Gasteiger partial charge is 0.328 e. The molecule has 3 nitrogen and oxygen atoms in total. The van der Waals surface area contributed by atoms with Crippen molar-refractivity contribution in [1.29, 1.82) is 0 Å². The molecular formula is C15H33N3. The van der Waals surface area contributed by atoms with Gasteiger partial charge in [0.05, 0.1) is 0 Å². The van der Waals surface area contributed by atoms with E-state index in [0.717, 1.165) is 44.4 Å². The fourth-order valence-electron chi connectivity index (χ4n) is 2.89. The van der Waals surface area contributed by atoms with Gasteiger partial charge in [-0.15, -0.1) is 0 Å². The molecule has 0 spiro atoms. The zero-order valence-electron chi connectivity index (χ0n) is 12.1. The Kier molecular flexibility index (Phi) is 7.87. The van der Waals surface area contributed by atoms with Crippen LogP contribution in [-0.2, 0) is 0 Å². The van der Waals surface area contributed by atoms with E-state index in [2.05, 4.69) is 6.92 Å². The summed E-state index contributed by atoms with van der Waals surface area (Å²) in [5.74, 6) is 0.828. The summed E-state index contributed by atoms with van der Waals surface area (Å²) in [6.45, 7) is 2.36. The smallest absolute Gasteiger partial charge is 0.00399 e. The van der Waals surface area contributed by atoms with Crippen LogP contribution in [0.2, 0.25) is 0 Å². The van der Waals surface area contributed by atoms with Crippen LogP contribution in [0, 0.1) is 5.92 Å². The minimum atomic E-state index is 0.295. The average molecular weight is 255 g/mol. The summed E-state index contributed by atoms with van der Waals surface area (Å²) in [5, 5.41) is 0. The molecule has 1 aliphatic carbocycles. The van der Waals surface area contributed by atoms with Gasteiger partial charge in [0.1, 0.15) is 0 Å². The van der Waals surface area contributed by atoms with Crippen molar-refractivity contribution in [1.82, 2.24) is 0 Å². The van der Waals surface area contributed by atoms with Crippen LogP contribution in [0.1, 0.15) is 71.1 Å². The van der Waals surface area contributed by atoms with Crippen molar-refractivity contribution in [3.8, 4) is 0 Å². The Balaban J connectivity index is 2.37. The molecule has 2 unspecified atom stereocenters. The summed E-state index contributed by atoms with van der Waals surface area (Å²) in [4.78, 5) is 0. The molecule has 0 aromatic carbocycles. The van der Waals surface area contributed by atoms with Gasteiger partial charge in [-0.3, -0.25) is 0 Å². The van der Waals surface area contributed by atoms with Gasteiger partial charge in [0.25, 0.3) is 0 Å². The first kappa shape index (κ1) is 15.9. The molecule has 1 aliphatic rings. The molecule has 18 heavy (non-hydrogen) atoms. The lowest BCUT2D eigenvalue weighted by molar-refractivity contribution is 0.384. The van der Waals surface area contributed by atoms with E-state index in [1.165, 1.54) is 25.7 Å². The Hall–Kier alpha value is -0.120. The average Bonchev–Trinajstić information content (AvgIpc) is 2.33. The van der Waals surface area contributed by atoms with Crippen LogP contribution < -0.4 is 17.2 Å². The molecule has 0 heterocycles. The highest BCUT2D eigenvalue weighted by Crippen LogP contribution is 2.19. The first-order valence-corrected chi connectivity index (χ1v) is 7.84. The monoisotopic (exact) mass is 255 g/mol. The van der Waals surface area contributed by atoms with Crippen LogP contribution in [0.25, 0.3) is 0 Å². The molecule has 0 aliphatic heterocycles. The molecule has 1 saturated carbocycles. The van der Waals surface area contributed by atoms with Crippen LogP contribution in [0.5, 0.6) is 0 Å². The third kappa shape index (κ3) is 7.34. The highest BCUT2D eigenvalue weighted by Gasteiger charge is 2.12. The van der Waals surface area contributed by atoms with E-state index < -0.39 is 0 Å². The first-order chi connectivity index (χ1) is 8.58. The third-order valence-corrected chi connectivity index (χ3v) is 4.36. The molecule has 0 saturated heterocycles. The van der Waals surface area contributed by atoms with Gasteiger partial charge in [0.2, 0.25) is 0 Å². The van der Waals surface area contributed by atoms with E-state index in [4.69, 9.17) is 17.2 Å². The molecule has 3 heteroatoms. The van der Waals surface area contributed by atoms with Crippen molar-refractivity contribution in [2.45, 2.75) is 89.3 Å². The lowest BCUT2D eigenvalue weighted by atomic mass is 9.91. The Morgan fingerprint density at radius 1 is 0.556 bits per heavy atom. The van der Waals surface area contributed by atoms with Gasteiger partial charge in [-0.25, -0.2) is 0 Å². The molecule has 0 aromatic rings. The summed E-state index contributed by atoms with van der Waals surface area (Å²) in [5.41, 5.74) is 18.4. The highest BCUT2D eigenvalue weighted by atomic mass is 14.7. The van der Waals surface area contributed by atoms with Gasteiger partial charge in [-0.2, -0.15) is 0 Å². The van der Waals surface area contributed by atoms with E-state index in [1.54, 1.807) is 0 Å². The number of nitrogens with two attached hydrogens (primary N) is 3. The first-order valence-electron chi connectivity index (χ1n) is 7.84. The van der Waals surface area contributed by atoms with Crippen LogP contribution in [-0.4, -0.2) is 18.1 Å². The lowest BCUT2D eigenvalue weighted by Gasteiger charge is -2.20. The van der Waals surface area contributed by atoms with E-state index in [0.29, 0.717) is 18.1 Å². The predicted molar refractivity (Wildman–Crippen MR) is 79.3 cm³/mol. The Bertz CT molecular complexity index is 188. The molecule has 108 valence electrons. The minimum absolute atomic E-state index is 0.295. The minimum Gasteiger partial charge on any atom is -0.328 e. The summed E-state index contributed by atoms with van der Waals surface area (Å²) in [7, 11) is 0. The molecule has 2 atom stereocenters. The van der Waals surface area contributed by atoms with Crippen LogP contribution >= 0.6 is 0 Å². The lowest BCUT2D eigenvalue weighted by Crippen LogP contribution is -2.29. The SMILES string of the molecule is CC1CCCC(N)CCC(N)CCC(N)CCC1. The number of hydrogen-bond acceptors (Lipinski definition) is 3. The van der Waals surface area contributed by atoms with Crippen molar-refractivity contribution < 1.29 is 0 Å². The molecule has 0 aromatic heterocycles. The zero-order chi connectivity index (χ0) is 13.4. The summed E-state index contributed by atoms with van der Waals surface area (Å²) >= 11 is 0. The van der Waals surface area contributed by atoms with E-state index in [1.807, 2.05) is 0 Å². The van der Waals surface area contributed by atoms with E-state index in [9.17, 15) is 0 Å². The second-order valence-electron chi connectivity index (χ2n) is 6.40. The van der Waals surface area contributed by atoms with E-state index >= 15 is 0 Å². The molecule has 0 radical (unpaired) electrons. The quantitative estimate of drug-likeness (QED) is 0.622. The number of hydrogen-bond donors (Lipinski definition) is 3. The summed E-state index contributed by atoms with van der Waals surface area (Å²) in [6, 6.07) is 0.990. The second kappa shape index (κ2) is 8.89. The van der Waals surface area contributed by atoms with Gasteiger partial charge in [-0.1, -0.05) is 32.6 Å². The maximum atomic E-state index is 6.14. The normalized spacial score (nSPS) is 38.0. The molecule has 1 fully saturated rings. The fraction of sp³-hybridized carbons (Fsp3) is 1.00. The van der Waals surface area contributed by atoms with Crippen molar-refractivity contribution in [2.24, 2.45) is 23.1 Å². The van der Waals surface area contributed by atoms with Gasteiger partial charge in [0.15, 0.2) is 0 Å². The van der Waals surface area contributed by atoms with Crippen molar-refractivity contribution in [3.05, 3.63) is 0 Å². The predicted octanol–water partition coefficient (Wildman–Crippen LogP) is 2.52. The summed E-state index contributed by atoms with van der Waals surface area (Å²) < 4.78 is 0. The Morgan fingerprint density at radius 3 is 1.28 bits per heavy atom. The Morgan fingerprint density at radius 2 is 0.889 bits per heavy atom. The zero-order valence-corrected chi connectivity index (χ0v) is 12.1. The van der Waals surface area contributed by atoms with Crippen molar-refractivity contribution >= 4 is 0 Å². The molecule has 0 bridgehead atoms. The number of rotatable bonds is 0. The molecular weight excluding hydrogens is 222 g/mol. The van der Waals surface area contributed by atoms with Gasteiger partial charge in [0, 0.05) is 18.1 Å². The molecule has 0 amide bonds. The van der Waals surface area contributed by atoms with Gasteiger partial charge in [-0.05, 0) is 44.4 Å². The topological polar surface area (TPSA) is 78.1 Å². The van der Waals surface area contributed by atoms with Crippen LogP contribution in [0.15, 0.2) is 0 Å². The van der Waals surface area contributed by atoms with Crippen molar-refractivity contribution in [3.63, 3.8) is 0 Å². The maximum Gasteiger partial charge on any atom is 0.00399 e. The second-order valence-corrected chi connectivity index (χ2v) is 6.40. The third-order valence-electron chi connectivity index (χ3n) is 4.36. The van der Waals surface area contributed by atoms with Gasteiger partial charge >= 0.3 is 0 Å².